The number of urea groups is 1. The van der Waals surface area contributed by atoms with Crippen molar-refractivity contribution in [2.24, 2.45) is 0 Å². The maximum absolute atomic E-state index is 12.3. The van der Waals surface area contributed by atoms with Crippen molar-refractivity contribution in [2.75, 3.05) is 78.3 Å². The molecular weight excluding hydrogens is 686 g/mol. The van der Waals surface area contributed by atoms with Crippen LogP contribution in [0.5, 0.6) is 0 Å². The van der Waals surface area contributed by atoms with Crippen molar-refractivity contribution >= 4 is 23.7 Å². The van der Waals surface area contributed by atoms with Crippen molar-refractivity contribution in [3.05, 3.63) is 22.2 Å². The number of rotatable bonds is 27. The van der Waals surface area contributed by atoms with Crippen LogP contribution in [0.1, 0.15) is 63.7 Å². The van der Waals surface area contributed by atoms with Crippen LogP contribution >= 0.6 is 0 Å². The lowest BCUT2D eigenvalue weighted by Gasteiger charge is -2.18. The number of carbonyl (C=O) groups excluding carboxylic acids is 3. The summed E-state index contributed by atoms with van der Waals surface area (Å²) in [5, 5.41) is 40.9. The number of aryl methyl sites for hydroxylation is 1. The lowest BCUT2D eigenvalue weighted by atomic mass is 10.0. The van der Waals surface area contributed by atoms with E-state index in [-0.39, 0.29) is 48.8 Å². The minimum atomic E-state index is -1.43. The fourth-order valence-electron chi connectivity index (χ4n) is 5.67. The number of nitrogens with two attached hydrogens (primary N) is 1. The summed E-state index contributed by atoms with van der Waals surface area (Å²) in [6.07, 6.45) is 1.50. The first-order valence-electron chi connectivity index (χ1n) is 18.0. The van der Waals surface area contributed by atoms with E-state index < -0.39 is 36.8 Å². The summed E-state index contributed by atoms with van der Waals surface area (Å²) >= 11 is 0. The molecule has 2 aliphatic rings. The monoisotopic (exact) mass is 743 g/mol. The number of anilines is 1. The van der Waals surface area contributed by atoms with E-state index in [1.807, 2.05) is 6.92 Å². The topological polar surface area (TPSA) is 267 Å². The van der Waals surface area contributed by atoms with Gasteiger partial charge < -0.3 is 66.0 Å². The summed E-state index contributed by atoms with van der Waals surface area (Å²) in [7, 11) is 0. The van der Waals surface area contributed by atoms with Crippen molar-refractivity contribution in [3.8, 4) is 0 Å². The summed E-state index contributed by atoms with van der Waals surface area (Å²) in [6.45, 7) is 5.18. The fraction of sp³-hybridized carbons (Fsp3) is 0.788. The number of hydrogen-bond donors (Lipinski definition) is 8. The maximum Gasteiger partial charge on any atom is 0.351 e. The normalized spacial score (nSPS) is 22.7. The molecule has 2 fully saturated rings. The molecule has 1 aromatic heterocycles. The molecule has 2 aliphatic heterocycles. The van der Waals surface area contributed by atoms with Gasteiger partial charge in [-0.3, -0.25) is 14.2 Å². The molecule has 9 N–H and O–H groups in total. The van der Waals surface area contributed by atoms with Gasteiger partial charge in [0.05, 0.1) is 65.5 Å². The zero-order valence-electron chi connectivity index (χ0n) is 30.0. The van der Waals surface area contributed by atoms with Gasteiger partial charge in [0.2, 0.25) is 11.8 Å². The van der Waals surface area contributed by atoms with E-state index in [4.69, 9.17) is 29.4 Å². The van der Waals surface area contributed by atoms with Gasteiger partial charge in [-0.2, -0.15) is 4.98 Å². The molecule has 2 saturated heterocycles. The average molecular weight is 744 g/mol. The maximum atomic E-state index is 12.3. The van der Waals surface area contributed by atoms with Gasteiger partial charge in [0.25, 0.3) is 0 Å². The van der Waals surface area contributed by atoms with Crippen LogP contribution in [0.15, 0.2) is 11.0 Å². The summed E-state index contributed by atoms with van der Waals surface area (Å²) in [4.78, 5) is 51.5. The highest BCUT2D eigenvalue weighted by molar-refractivity contribution is 5.77. The smallest absolute Gasteiger partial charge is 0.351 e. The number of aromatic nitrogens is 2. The number of amides is 4. The van der Waals surface area contributed by atoms with E-state index in [2.05, 4.69) is 26.3 Å². The molecule has 0 bridgehead atoms. The molecule has 6 atom stereocenters. The summed E-state index contributed by atoms with van der Waals surface area (Å²) < 4.78 is 28.3. The molecule has 0 aromatic carbocycles. The van der Waals surface area contributed by atoms with Crippen LogP contribution in [0.2, 0.25) is 0 Å². The molecule has 0 saturated carbocycles. The van der Waals surface area contributed by atoms with Gasteiger partial charge in [0.1, 0.15) is 24.1 Å². The molecule has 4 amide bonds. The van der Waals surface area contributed by atoms with Gasteiger partial charge in [-0.1, -0.05) is 12.8 Å². The lowest BCUT2D eigenvalue weighted by molar-refractivity contribution is -0.122. The summed E-state index contributed by atoms with van der Waals surface area (Å²) in [5.41, 5.74) is 5.63. The Balaban J connectivity index is 1.07. The lowest BCUT2D eigenvalue weighted by Crippen LogP contribution is -2.36. The zero-order chi connectivity index (χ0) is 37.7. The standard InChI is InChI=1S/C33H57N7O12/c1-22-24(38-32(46)37-22)7-3-2-4-8-26(42)36-11-13-49-15-17-51-19-18-50-16-14-48-12-9-27(43)35-10-5-6-23-20-40(33(47)39-30(23)34)31-29(45)28(44)25(21-41)52-31/h20,22,24-25,28-29,31,41,44-45H,2-19,21H2,1H3,(H,35,43)(H,36,42)(H2,34,39,47)(H2,37,38,46)/t22-,24+,25+,28?,29?,31+/m0/s1. The minimum Gasteiger partial charge on any atom is -0.394 e. The molecule has 3 heterocycles. The second kappa shape index (κ2) is 24.0. The van der Waals surface area contributed by atoms with Crippen LogP contribution < -0.4 is 32.7 Å². The largest absolute Gasteiger partial charge is 0.394 e. The Morgan fingerprint density at radius 2 is 1.50 bits per heavy atom. The number of nitrogens with one attached hydrogen (secondary N) is 4. The highest BCUT2D eigenvalue weighted by atomic mass is 16.6. The number of ether oxygens (including phenoxy) is 5. The summed E-state index contributed by atoms with van der Waals surface area (Å²) in [5.74, 6) is -0.162. The third kappa shape index (κ3) is 15.3. The Morgan fingerprint density at radius 3 is 2.13 bits per heavy atom. The van der Waals surface area contributed by atoms with Gasteiger partial charge in [-0.15, -0.1) is 0 Å². The van der Waals surface area contributed by atoms with Crippen molar-refractivity contribution < 1.29 is 53.4 Å². The van der Waals surface area contributed by atoms with Gasteiger partial charge in [0.15, 0.2) is 6.23 Å². The highest BCUT2D eigenvalue weighted by Crippen LogP contribution is 2.28. The molecule has 3 rings (SSSR count). The molecule has 0 spiro atoms. The van der Waals surface area contributed by atoms with E-state index >= 15 is 0 Å². The first-order valence-corrected chi connectivity index (χ1v) is 18.0. The van der Waals surface area contributed by atoms with E-state index in [9.17, 15) is 34.5 Å². The van der Waals surface area contributed by atoms with Crippen molar-refractivity contribution in [1.82, 2.24) is 30.8 Å². The van der Waals surface area contributed by atoms with E-state index in [1.165, 1.54) is 6.20 Å². The van der Waals surface area contributed by atoms with Crippen molar-refractivity contribution in [2.45, 2.75) is 94.9 Å². The average Bonchev–Trinajstić information content (AvgIpc) is 3.59. The van der Waals surface area contributed by atoms with Crippen LogP contribution in [0.4, 0.5) is 10.6 Å². The highest BCUT2D eigenvalue weighted by Gasteiger charge is 2.44. The van der Waals surface area contributed by atoms with Gasteiger partial charge >= 0.3 is 11.7 Å². The van der Waals surface area contributed by atoms with Crippen molar-refractivity contribution in [3.63, 3.8) is 0 Å². The number of nitrogens with zero attached hydrogens (tertiary/aromatic N) is 2. The van der Waals surface area contributed by atoms with E-state index in [0.717, 1.165) is 30.3 Å². The number of hydrogen-bond acceptors (Lipinski definition) is 14. The molecule has 19 heteroatoms. The quantitative estimate of drug-likeness (QED) is 0.0457. The number of nitrogen functional groups attached to an aromatic ring is 1. The second-order valence-corrected chi connectivity index (χ2v) is 12.7. The van der Waals surface area contributed by atoms with Gasteiger partial charge in [-0.25, -0.2) is 9.59 Å². The predicted octanol–water partition coefficient (Wildman–Crippen LogP) is -1.92. The van der Waals surface area contributed by atoms with Crippen LogP contribution in [-0.2, 0) is 39.7 Å². The molecule has 1 aromatic rings. The first-order chi connectivity index (χ1) is 25.1. The van der Waals surface area contributed by atoms with E-state index in [0.29, 0.717) is 84.2 Å². The third-order valence-corrected chi connectivity index (χ3v) is 8.65. The van der Waals surface area contributed by atoms with Gasteiger partial charge in [0, 0.05) is 43.7 Å². The molecule has 52 heavy (non-hydrogen) atoms. The second-order valence-electron chi connectivity index (χ2n) is 12.7. The zero-order valence-corrected chi connectivity index (χ0v) is 30.0. The number of aliphatic hydroxyl groups excluding tert-OH is 3. The fourth-order valence-corrected chi connectivity index (χ4v) is 5.67. The molecular formula is C33H57N7O12. The Morgan fingerprint density at radius 1 is 0.865 bits per heavy atom. The van der Waals surface area contributed by atoms with E-state index in [1.54, 1.807) is 0 Å². The van der Waals surface area contributed by atoms with Gasteiger partial charge in [-0.05, 0) is 32.6 Å². The SMILES string of the molecule is C[C@@H]1NC(=O)N[C@@H]1CCCCCC(=O)NCCOCCOCCOCCOCCC(=O)NCCCc1cn([C@@H]2O[C@H](CO)C(O)C2O)c(=O)nc1N. The molecule has 2 unspecified atom stereocenters. The van der Waals surface area contributed by atoms with Crippen molar-refractivity contribution in [1.29, 1.82) is 0 Å². The van der Waals surface area contributed by atoms with Crippen LogP contribution in [0.3, 0.4) is 0 Å². The Hall–Kier alpha value is -3.43. The minimum absolute atomic E-state index is 0.00547. The Kier molecular flexibility index (Phi) is 19.8. The number of carbonyl (C=O) groups is 3. The molecule has 19 nitrogen and oxygen atoms in total. The Labute approximate surface area is 303 Å². The third-order valence-electron chi connectivity index (χ3n) is 8.65. The Bertz CT molecular complexity index is 1290. The molecule has 296 valence electrons. The number of aliphatic hydroxyl groups is 3. The predicted molar refractivity (Wildman–Crippen MR) is 186 cm³/mol. The molecule has 0 aliphatic carbocycles. The van der Waals surface area contributed by atoms with Crippen LogP contribution in [0.25, 0.3) is 0 Å². The van der Waals surface area contributed by atoms with Crippen LogP contribution in [0, 0.1) is 0 Å². The first kappa shape index (κ1) is 43.0. The molecule has 0 radical (unpaired) electrons. The summed E-state index contributed by atoms with van der Waals surface area (Å²) in [6, 6.07) is 0.187. The van der Waals surface area contributed by atoms with Crippen LogP contribution in [-0.4, -0.2) is 146 Å². The number of unbranched alkanes of at least 4 members (excludes halogenated alkanes) is 2.